The van der Waals surface area contributed by atoms with Crippen LogP contribution in [0.4, 0.5) is 22.0 Å². The lowest BCUT2D eigenvalue weighted by atomic mass is 9.94. The van der Waals surface area contributed by atoms with E-state index in [-0.39, 0.29) is 12.1 Å². The summed E-state index contributed by atoms with van der Waals surface area (Å²) in [5.74, 6) is -6.18. The van der Waals surface area contributed by atoms with E-state index in [0.717, 1.165) is 29.3 Å². The number of hydrogen-bond acceptors (Lipinski definition) is 4. The first-order valence-corrected chi connectivity index (χ1v) is 13.1. The number of halogens is 5. The standard InChI is InChI=1S/C29H30F5N3O4/c1-4-5-24(41-23-10-17(2)25(18(3)11-23)37-15-22(13-35-37)29(32,33)34)19-6-8-20(9-7-19)26(38)36-14-21(27(39)40)12-28(30,31)16-36/h6-11,13,15,21,24H,4-5,12,14,16H2,1-3H3,(H,39,40). The van der Waals surface area contributed by atoms with E-state index < -0.39 is 54.5 Å². The molecule has 12 heteroatoms. The Balaban J connectivity index is 1.52. The number of aliphatic carboxylic acids is 1. The molecule has 0 radical (unpaired) electrons. The Hall–Kier alpha value is -3.96. The lowest BCUT2D eigenvalue weighted by molar-refractivity contribution is -0.151. The molecule has 2 heterocycles. The molecule has 1 saturated heterocycles. The molecule has 1 N–H and O–H groups in total. The van der Waals surface area contributed by atoms with Crippen LogP contribution < -0.4 is 4.74 Å². The Labute approximate surface area is 233 Å². The summed E-state index contributed by atoms with van der Waals surface area (Å²) in [4.78, 5) is 25.1. The quantitative estimate of drug-likeness (QED) is 0.304. The fourth-order valence-electron chi connectivity index (χ4n) is 5.10. The average Bonchev–Trinajstić information content (AvgIpc) is 3.37. The van der Waals surface area contributed by atoms with Crippen molar-refractivity contribution in [3.8, 4) is 11.4 Å². The lowest BCUT2D eigenvalue weighted by Gasteiger charge is -2.36. The van der Waals surface area contributed by atoms with Gasteiger partial charge in [-0.1, -0.05) is 25.5 Å². The molecule has 7 nitrogen and oxygen atoms in total. The second-order valence-electron chi connectivity index (χ2n) is 10.4. The number of amides is 1. The molecule has 0 aliphatic carbocycles. The topological polar surface area (TPSA) is 84.7 Å². The van der Waals surface area contributed by atoms with Gasteiger partial charge in [-0.2, -0.15) is 18.3 Å². The van der Waals surface area contributed by atoms with Crippen LogP contribution in [0.2, 0.25) is 0 Å². The van der Waals surface area contributed by atoms with Gasteiger partial charge in [0.2, 0.25) is 0 Å². The number of carboxylic acid groups (broad SMARTS) is 1. The van der Waals surface area contributed by atoms with Gasteiger partial charge in [0.1, 0.15) is 11.9 Å². The van der Waals surface area contributed by atoms with Crippen LogP contribution in [0.5, 0.6) is 5.75 Å². The summed E-state index contributed by atoms with van der Waals surface area (Å²) in [5, 5.41) is 13.1. The molecule has 3 aromatic rings. The molecule has 1 aromatic heterocycles. The van der Waals surface area contributed by atoms with Crippen LogP contribution in [0.25, 0.3) is 5.69 Å². The van der Waals surface area contributed by atoms with Gasteiger partial charge in [-0.15, -0.1) is 0 Å². The summed E-state index contributed by atoms with van der Waals surface area (Å²) >= 11 is 0. The van der Waals surface area contributed by atoms with Crippen LogP contribution in [0, 0.1) is 19.8 Å². The molecule has 1 aliphatic heterocycles. The number of aryl methyl sites for hydroxylation is 2. The maximum atomic E-state index is 14.1. The van der Waals surface area contributed by atoms with Crippen molar-refractivity contribution in [3.63, 3.8) is 0 Å². The van der Waals surface area contributed by atoms with Crippen LogP contribution in [0.3, 0.4) is 0 Å². The number of hydrogen-bond donors (Lipinski definition) is 1. The Bertz CT molecular complexity index is 1400. The summed E-state index contributed by atoms with van der Waals surface area (Å²) in [6.07, 6.45) is -2.66. The molecule has 4 rings (SSSR count). The number of carboxylic acids is 1. The van der Waals surface area contributed by atoms with Crippen LogP contribution in [-0.4, -0.2) is 50.7 Å². The molecule has 0 saturated carbocycles. The van der Waals surface area contributed by atoms with Crippen LogP contribution in [0.15, 0.2) is 48.8 Å². The summed E-state index contributed by atoms with van der Waals surface area (Å²) in [6, 6.07) is 9.77. The van der Waals surface area contributed by atoms with E-state index in [2.05, 4.69) is 5.10 Å². The first kappa shape index (κ1) is 30.0. The molecule has 1 aliphatic rings. The number of carbonyl (C=O) groups is 2. The van der Waals surface area contributed by atoms with Gasteiger partial charge in [-0.3, -0.25) is 9.59 Å². The number of nitrogens with zero attached hydrogens (tertiary/aromatic N) is 3. The SMILES string of the molecule is CCCC(Oc1cc(C)c(-n2cc(C(F)(F)F)cn2)c(C)c1)c1ccc(C(=O)N2CC(C(=O)O)CC(F)(F)C2)cc1. The highest BCUT2D eigenvalue weighted by atomic mass is 19.4. The molecule has 0 spiro atoms. The average molecular weight is 580 g/mol. The van der Waals surface area contributed by atoms with E-state index >= 15 is 0 Å². The second kappa shape index (κ2) is 11.5. The second-order valence-corrected chi connectivity index (χ2v) is 10.4. The van der Waals surface area contributed by atoms with Gasteiger partial charge >= 0.3 is 12.1 Å². The number of likely N-dealkylation sites (tertiary alicyclic amines) is 1. The Morgan fingerprint density at radius 3 is 2.32 bits per heavy atom. The Morgan fingerprint density at radius 2 is 1.78 bits per heavy atom. The fraction of sp³-hybridized carbons (Fsp3) is 0.414. The first-order valence-electron chi connectivity index (χ1n) is 13.1. The maximum Gasteiger partial charge on any atom is 0.419 e. The van der Waals surface area contributed by atoms with Crippen molar-refractivity contribution >= 4 is 11.9 Å². The van der Waals surface area contributed by atoms with E-state index in [0.29, 0.717) is 29.0 Å². The molecular formula is C29H30F5N3O4. The number of benzene rings is 2. The zero-order valence-electron chi connectivity index (χ0n) is 22.7. The van der Waals surface area contributed by atoms with Gasteiger partial charge in [-0.25, -0.2) is 13.5 Å². The van der Waals surface area contributed by atoms with E-state index in [1.54, 1.807) is 38.1 Å². The van der Waals surface area contributed by atoms with Crippen molar-refractivity contribution < 1.29 is 41.4 Å². The van der Waals surface area contributed by atoms with Crippen molar-refractivity contribution in [1.29, 1.82) is 0 Å². The highest BCUT2D eigenvalue weighted by Gasteiger charge is 2.44. The zero-order valence-corrected chi connectivity index (χ0v) is 22.7. The molecule has 2 aromatic carbocycles. The highest BCUT2D eigenvalue weighted by Crippen LogP contribution is 2.34. The molecule has 1 amide bonds. The van der Waals surface area contributed by atoms with Crippen molar-refractivity contribution in [2.24, 2.45) is 5.92 Å². The minimum atomic E-state index is -4.50. The highest BCUT2D eigenvalue weighted by molar-refractivity contribution is 5.94. The van der Waals surface area contributed by atoms with E-state index in [9.17, 15) is 36.6 Å². The third kappa shape index (κ3) is 6.86. The van der Waals surface area contributed by atoms with Gasteiger partial charge in [0.15, 0.2) is 0 Å². The lowest BCUT2D eigenvalue weighted by Crippen LogP contribution is -2.51. The van der Waals surface area contributed by atoms with Gasteiger partial charge in [0.05, 0.1) is 29.9 Å². The third-order valence-corrected chi connectivity index (χ3v) is 7.01. The van der Waals surface area contributed by atoms with Crippen LogP contribution >= 0.6 is 0 Å². The zero-order chi connectivity index (χ0) is 30.1. The predicted octanol–water partition coefficient (Wildman–Crippen LogP) is 6.61. The van der Waals surface area contributed by atoms with Gasteiger partial charge in [0, 0.05) is 24.7 Å². The van der Waals surface area contributed by atoms with Gasteiger partial charge in [-0.05, 0) is 61.2 Å². The maximum absolute atomic E-state index is 14.1. The molecule has 1 fully saturated rings. The minimum absolute atomic E-state index is 0.152. The Kier molecular flexibility index (Phi) is 8.41. The Morgan fingerprint density at radius 1 is 1.15 bits per heavy atom. The fourth-order valence-corrected chi connectivity index (χ4v) is 5.10. The van der Waals surface area contributed by atoms with E-state index in [4.69, 9.17) is 4.74 Å². The first-order chi connectivity index (χ1) is 19.2. The van der Waals surface area contributed by atoms with Crippen molar-refractivity contribution in [2.75, 3.05) is 13.1 Å². The molecule has 2 unspecified atom stereocenters. The molecular weight excluding hydrogens is 549 g/mol. The largest absolute Gasteiger partial charge is 0.486 e. The molecule has 0 bridgehead atoms. The van der Waals surface area contributed by atoms with Gasteiger partial charge < -0.3 is 14.7 Å². The van der Waals surface area contributed by atoms with Crippen molar-refractivity contribution in [1.82, 2.24) is 14.7 Å². The molecule has 2 atom stereocenters. The van der Waals surface area contributed by atoms with Crippen molar-refractivity contribution in [2.45, 2.75) is 58.2 Å². The number of piperidine rings is 1. The monoisotopic (exact) mass is 579 g/mol. The molecule has 41 heavy (non-hydrogen) atoms. The number of rotatable bonds is 8. The number of ether oxygens (including phenoxy) is 1. The molecule has 220 valence electrons. The normalized spacial score (nSPS) is 17.8. The summed E-state index contributed by atoms with van der Waals surface area (Å²) in [6.45, 7) is 4.33. The van der Waals surface area contributed by atoms with Crippen molar-refractivity contribution in [3.05, 3.63) is 76.6 Å². The minimum Gasteiger partial charge on any atom is -0.486 e. The summed E-state index contributed by atoms with van der Waals surface area (Å²) in [5.41, 5.74) is 1.86. The smallest absolute Gasteiger partial charge is 0.419 e. The third-order valence-electron chi connectivity index (χ3n) is 7.01. The van der Waals surface area contributed by atoms with E-state index in [1.807, 2.05) is 6.92 Å². The summed E-state index contributed by atoms with van der Waals surface area (Å²) < 4.78 is 74.8. The number of aromatic nitrogens is 2. The number of alkyl halides is 5. The van der Waals surface area contributed by atoms with Gasteiger partial charge in [0.25, 0.3) is 11.8 Å². The summed E-state index contributed by atoms with van der Waals surface area (Å²) in [7, 11) is 0. The predicted molar refractivity (Wildman–Crippen MR) is 139 cm³/mol. The van der Waals surface area contributed by atoms with E-state index in [1.165, 1.54) is 16.8 Å². The number of carbonyl (C=O) groups excluding carboxylic acids is 1. The van der Waals surface area contributed by atoms with Crippen LogP contribution in [-0.2, 0) is 11.0 Å². The van der Waals surface area contributed by atoms with Crippen LogP contribution in [0.1, 0.15) is 64.9 Å².